The maximum absolute atomic E-state index is 14.2. The molecule has 6 nitrogen and oxygen atoms in total. The fraction of sp³-hybridized carbons (Fsp3) is 0.345. The molecular weight excluding hydrogens is 514 g/mol. The Morgan fingerprint density at radius 3 is 2.44 bits per heavy atom. The second kappa shape index (κ2) is 10.1. The fourth-order valence-electron chi connectivity index (χ4n) is 5.79. The van der Waals surface area contributed by atoms with E-state index < -0.39 is 0 Å². The minimum absolute atomic E-state index is 0.101. The number of aryl methyl sites for hydroxylation is 1. The Morgan fingerprint density at radius 2 is 1.72 bits per heavy atom. The molecule has 7 heteroatoms. The molecule has 0 bridgehead atoms. The topological polar surface area (TPSA) is 56.0 Å². The number of rotatable bonds is 7. The lowest BCUT2D eigenvalue weighted by Gasteiger charge is -2.27. The highest BCUT2D eigenvalue weighted by molar-refractivity contribution is 9.10. The van der Waals surface area contributed by atoms with E-state index in [1.54, 1.807) is 6.20 Å². The van der Waals surface area contributed by atoms with Crippen molar-refractivity contribution < 1.29 is 4.79 Å². The quantitative estimate of drug-likeness (QED) is 0.262. The van der Waals surface area contributed by atoms with Gasteiger partial charge in [0.25, 0.3) is 5.91 Å². The second-order valence-electron chi connectivity index (χ2n) is 9.82. The van der Waals surface area contributed by atoms with Gasteiger partial charge in [0.1, 0.15) is 5.69 Å². The first-order chi connectivity index (χ1) is 17.7. The molecule has 0 N–H and O–H groups in total. The van der Waals surface area contributed by atoms with Crippen LogP contribution in [-0.4, -0.2) is 36.7 Å². The van der Waals surface area contributed by atoms with E-state index >= 15 is 0 Å². The highest BCUT2D eigenvalue weighted by atomic mass is 79.9. The van der Waals surface area contributed by atoms with Crippen LogP contribution in [0, 0.1) is 0 Å². The van der Waals surface area contributed by atoms with Gasteiger partial charge >= 0.3 is 0 Å². The van der Waals surface area contributed by atoms with Crippen molar-refractivity contribution in [2.75, 3.05) is 6.54 Å². The number of nitrogens with zero attached hydrogens (tertiary/aromatic N) is 5. The summed E-state index contributed by atoms with van der Waals surface area (Å²) in [4.78, 5) is 20.4. The minimum Gasteiger partial charge on any atom is -0.337 e. The summed E-state index contributed by atoms with van der Waals surface area (Å²) in [5.41, 5.74) is 4.97. The van der Waals surface area contributed by atoms with Gasteiger partial charge in [-0.2, -0.15) is 5.10 Å². The number of imidazole rings is 1. The first-order valence-electron chi connectivity index (χ1n) is 12.9. The van der Waals surface area contributed by atoms with Gasteiger partial charge in [-0.3, -0.25) is 9.48 Å². The zero-order valence-electron chi connectivity index (χ0n) is 20.3. The Bertz CT molecular complexity index is 1320. The van der Waals surface area contributed by atoms with Crippen LogP contribution in [0.15, 0.2) is 77.8 Å². The summed E-state index contributed by atoms with van der Waals surface area (Å²) in [7, 11) is 0. The molecule has 2 aliphatic rings. The predicted octanol–water partition coefficient (Wildman–Crippen LogP) is 6.65. The van der Waals surface area contributed by atoms with Gasteiger partial charge in [-0.05, 0) is 37.0 Å². The van der Waals surface area contributed by atoms with E-state index in [1.165, 1.54) is 19.3 Å². The third-order valence-corrected chi connectivity index (χ3v) is 8.05. The van der Waals surface area contributed by atoms with Gasteiger partial charge in [0.15, 0.2) is 0 Å². The molecule has 1 unspecified atom stereocenters. The summed E-state index contributed by atoms with van der Waals surface area (Å²) in [6, 6.07) is 18.9. The average Bonchev–Trinajstić information content (AvgIpc) is 3.64. The van der Waals surface area contributed by atoms with Gasteiger partial charge in [0.2, 0.25) is 0 Å². The summed E-state index contributed by atoms with van der Waals surface area (Å²) in [6.07, 6.45) is 12.3. The van der Waals surface area contributed by atoms with Crippen LogP contribution in [0.3, 0.4) is 0 Å². The third kappa shape index (κ3) is 4.30. The number of amides is 1. The van der Waals surface area contributed by atoms with E-state index in [-0.39, 0.29) is 18.0 Å². The van der Waals surface area contributed by atoms with Gasteiger partial charge in [-0.1, -0.05) is 77.7 Å². The molecule has 1 atom stereocenters. The van der Waals surface area contributed by atoms with E-state index in [2.05, 4.69) is 83.6 Å². The normalized spacial score (nSPS) is 18.1. The fourth-order valence-corrected chi connectivity index (χ4v) is 6.06. The molecule has 6 rings (SSSR count). The van der Waals surface area contributed by atoms with Crippen molar-refractivity contribution in [1.82, 2.24) is 24.2 Å². The highest BCUT2D eigenvalue weighted by Gasteiger charge is 2.44. The van der Waals surface area contributed by atoms with E-state index in [0.29, 0.717) is 6.54 Å². The van der Waals surface area contributed by atoms with Crippen LogP contribution in [0.4, 0.5) is 0 Å². The van der Waals surface area contributed by atoms with Gasteiger partial charge in [0.05, 0.1) is 24.1 Å². The monoisotopic (exact) mass is 543 g/mol. The maximum Gasteiger partial charge on any atom is 0.273 e. The van der Waals surface area contributed by atoms with Crippen molar-refractivity contribution in [3.63, 3.8) is 0 Å². The molecular formula is C29H30BrN5O. The Kier molecular flexibility index (Phi) is 6.48. The number of hydrogen-bond donors (Lipinski definition) is 0. The van der Waals surface area contributed by atoms with Crippen molar-refractivity contribution in [3.05, 3.63) is 94.6 Å². The molecule has 2 aromatic carbocycles. The summed E-state index contributed by atoms with van der Waals surface area (Å²) in [5, 5.41) is 5.17. The van der Waals surface area contributed by atoms with E-state index in [0.717, 1.165) is 58.4 Å². The van der Waals surface area contributed by atoms with Crippen molar-refractivity contribution in [1.29, 1.82) is 0 Å². The molecule has 2 aromatic heterocycles. The summed E-state index contributed by atoms with van der Waals surface area (Å²) in [5.74, 6) is 0.101. The molecule has 1 aliphatic carbocycles. The van der Waals surface area contributed by atoms with Crippen LogP contribution in [0.25, 0.3) is 11.3 Å². The van der Waals surface area contributed by atoms with Crippen LogP contribution in [0.1, 0.15) is 72.2 Å². The lowest BCUT2D eigenvalue weighted by molar-refractivity contribution is 0.0730. The molecule has 0 radical (unpaired) electrons. The number of halogens is 1. The SMILES string of the molecule is O=C1c2c(c(-c3ccccc3)nn2C2CCCCC2)C(c2ccc(Br)cc2)N1CCCn1ccnc1. The maximum atomic E-state index is 14.2. The van der Waals surface area contributed by atoms with E-state index in [9.17, 15) is 4.79 Å². The van der Waals surface area contributed by atoms with Crippen molar-refractivity contribution in [3.8, 4) is 11.3 Å². The molecule has 1 saturated carbocycles. The first kappa shape index (κ1) is 23.2. The highest BCUT2D eigenvalue weighted by Crippen LogP contribution is 2.46. The lowest BCUT2D eigenvalue weighted by Crippen LogP contribution is -2.32. The Morgan fingerprint density at radius 1 is 0.944 bits per heavy atom. The molecule has 36 heavy (non-hydrogen) atoms. The number of aromatic nitrogens is 4. The summed E-state index contributed by atoms with van der Waals surface area (Å²) in [6.45, 7) is 1.50. The molecule has 1 amide bonds. The molecule has 0 saturated heterocycles. The summed E-state index contributed by atoms with van der Waals surface area (Å²) >= 11 is 3.58. The molecule has 3 heterocycles. The molecule has 184 valence electrons. The smallest absolute Gasteiger partial charge is 0.273 e. The lowest BCUT2D eigenvalue weighted by atomic mass is 9.94. The first-order valence-corrected chi connectivity index (χ1v) is 13.7. The van der Waals surface area contributed by atoms with Crippen LogP contribution < -0.4 is 0 Å². The van der Waals surface area contributed by atoms with Crippen LogP contribution in [0.5, 0.6) is 0 Å². The largest absolute Gasteiger partial charge is 0.337 e. The van der Waals surface area contributed by atoms with Crippen LogP contribution in [0.2, 0.25) is 0 Å². The van der Waals surface area contributed by atoms with Crippen LogP contribution in [-0.2, 0) is 6.54 Å². The van der Waals surface area contributed by atoms with E-state index in [1.807, 2.05) is 18.6 Å². The van der Waals surface area contributed by atoms with E-state index in [4.69, 9.17) is 5.10 Å². The minimum atomic E-state index is -0.157. The third-order valence-electron chi connectivity index (χ3n) is 7.52. The zero-order valence-corrected chi connectivity index (χ0v) is 21.8. The van der Waals surface area contributed by atoms with Gasteiger partial charge in [-0.15, -0.1) is 0 Å². The van der Waals surface area contributed by atoms with Gasteiger partial charge < -0.3 is 9.47 Å². The van der Waals surface area contributed by atoms with Crippen molar-refractivity contribution in [2.24, 2.45) is 0 Å². The molecule has 1 aliphatic heterocycles. The molecule has 0 spiro atoms. The Balaban J connectivity index is 1.46. The van der Waals surface area contributed by atoms with Crippen molar-refractivity contribution >= 4 is 21.8 Å². The van der Waals surface area contributed by atoms with Crippen molar-refractivity contribution in [2.45, 2.75) is 57.2 Å². The number of carbonyl (C=O) groups is 1. The predicted molar refractivity (Wildman–Crippen MR) is 144 cm³/mol. The Hall–Kier alpha value is -3.19. The van der Waals surface area contributed by atoms with Crippen LogP contribution >= 0.6 is 15.9 Å². The average molecular weight is 544 g/mol. The van der Waals surface area contributed by atoms with Gasteiger partial charge in [-0.25, -0.2) is 4.98 Å². The molecule has 1 fully saturated rings. The number of benzene rings is 2. The number of carbonyl (C=O) groups excluding carboxylic acids is 1. The van der Waals surface area contributed by atoms with Gasteiger partial charge in [0, 0.05) is 41.1 Å². The zero-order chi connectivity index (χ0) is 24.5. The Labute approximate surface area is 220 Å². The summed E-state index contributed by atoms with van der Waals surface area (Å²) < 4.78 is 5.20. The second-order valence-corrected chi connectivity index (χ2v) is 10.7. The number of hydrogen-bond acceptors (Lipinski definition) is 3. The molecule has 4 aromatic rings. The number of fused-ring (bicyclic) bond motifs is 1. The standard InChI is InChI=1S/C29H30BrN5O/c30-23-14-12-22(13-15-23)27-25-26(21-8-3-1-4-9-21)32-35(24-10-5-2-6-11-24)28(25)29(36)34(27)18-7-17-33-19-16-31-20-33/h1,3-4,8-9,12-16,19-20,24,27H,2,5-7,10-11,17-18H2.